The Morgan fingerprint density at radius 1 is 0.933 bits per heavy atom. The van der Waals surface area contributed by atoms with Crippen LogP contribution in [0.2, 0.25) is 5.02 Å². The third-order valence-electron chi connectivity index (χ3n) is 5.36. The first-order valence-electron chi connectivity index (χ1n) is 9.61. The first-order valence-corrected chi connectivity index (χ1v) is 9.99. The maximum absolute atomic E-state index is 13.0. The monoisotopic (exact) mass is 414 g/mol. The molecule has 0 radical (unpaired) electrons. The van der Waals surface area contributed by atoms with Crippen LogP contribution < -0.4 is 5.69 Å². The Hall–Kier alpha value is -3.57. The van der Waals surface area contributed by atoms with Gasteiger partial charge in [-0.1, -0.05) is 41.4 Å². The molecule has 0 saturated heterocycles. The summed E-state index contributed by atoms with van der Waals surface area (Å²) in [5.74, 6) is 0. The van der Waals surface area contributed by atoms with Crippen LogP contribution in [-0.2, 0) is 7.05 Å². The van der Waals surface area contributed by atoms with Gasteiger partial charge < -0.3 is 4.98 Å². The summed E-state index contributed by atoms with van der Waals surface area (Å²) >= 11 is 6.01. The second kappa shape index (κ2) is 7.04. The van der Waals surface area contributed by atoms with Crippen molar-refractivity contribution >= 4 is 22.6 Å². The molecule has 5 aromatic rings. The van der Waals surface area contributed by atoms with Gasteiger partial charge in [-0.2, -0.15) is 0 Å². The lowest BCUT2D eigenvalue weighted by Gasteiger charge is -2.06. The third-order valence-corrected chi connectivity index (χ3v) is 5.61. The second-order valence-electron chi connectivity index (χ2n) is 7.35. The van der Waals surface area contributed by atoms with Crippen molar-refractivity contribution in [2.75, 3.05) is 0 Å². The third kappa shape index (κ3) is 2.95. The van der Waals surface area contributed by atoms with Crippen molar-refractivity contribution in [2.24, 2.45) is 7.05 Å². The van der Waals surface area contributed by atoms with Crippen LogP contribution in [0.1, 0.15) is 5.56 Å². The molecular weight excluding hydrogens is 396 g/mol. The van der Waals surface area contributed by atoms with Gasteiger partial charge in [0.25, 0.3) is 0 Å². The molecule has 2 aromatic heterocycles. The molecule has 0 amide bonds. The van der Waals surface area contributed by atoms with Crippen LogP contribution >= 0.6 is 11.6 Å². The predicted molar refractivity (Wildman–Crippen MR) is 121 cm³/mol. The Kier molecular flexibility index (Phi) is 4.33. The summed E-state index contributed by atoms with van der Waals surface area (Å²) in [6, 6.07) is 21.6. The summed E-state index contributed by atoms with van der Waals surface area (Å²) in [6.07, 6.45) is 1.70. The van der Waals surface area contributed by atoms with E-state index in [0.717, 1.165) is 39.2 Å². The average Bonchev–Trinajstić information content (AvgIpc) is 3.33. The number of aryl methyl sites for hydroxylation is 2. The molecule has 0 unspecified atom stereocenters. The Morgan fingerprint density at radius 2 is 1.73 bits per heavy atom. The second-order valence-corrected chi connectivity index (χ2v) is 7.79. The van der Waals surface area contributed by atoms with Crippen LogP contribution in [0.5, 0.6) is 0 Å². The van der Waals surface area contributed by atoms with E-state index in [2.05, 4.69) is 35.1 Å². The Labute approximate surface area is 178 Å². The molecule has 0 fully saturated rings. The van der Waals surface area contributed by atoms with Crippen molar-refractivity contribution in [3.8, 4) is 28.2 Å². The van der Waals surface area contributed by atoms with Crippen LogP contribution in [0.4, 0.5) is 0 Å². The summed E-state index contributed by atoms with van der Waals surface area (Å²) < 4.78 is 3.36. The quantitative estimate of drug-likeness (QED) is 0.432. The molecule has 0 aliphatic carbocycles. The normalized spacial score (nSPS) is 11.3. The van der Waals surface area contributed by atoms with Crippen LogP contribution in [0, 0.1) is 6.92 Å². The van der Waals surface area contributed by atoms with Gasteiger partial charge in [-0.05, 0) is 49.4 Å². The number of nitrogens with one attached hydrogen (secondary N) is 1. The van der Waals surface area contributed by atoms with E-state index in [-0.39, 0.29) is 5.69 Å². The van der Waals surface area contributed by atoms with Crippen molar-refractivity contribution in [3.63, 3.8) is 0 Å². The molecule has 0 saturated carbocycles. The van der Waals surface area contributed by atoms with Gasteiger partial charge in [-0.3, -0.25) is 9.13 Å². The Bertz CT molecular complexity index is 1440. The van der Waals surface area contributed by atoms with Crippen LogP contribution in [0.15, 0.2) is 77.9 Å². The van der Waals surface area contributed by atoms with Gasteiger partial charge in [0.2, 0.25) is 0 Å². The number of benzene rings is 3. The zero-order valence-corrected chi connectivity index (χ0v) is 17.3. The van der Waals surface area contributed by atoms with E-state index >= 15 is 0 Å². The van der Waals surface area contributed by atoms with Gasteiger partial charge in [0.1, 0.15) is 0 Å². The van der Waals surface area contributed by atoms with Crippen LogP contribution in [0.3, 0.4) is 0 Å². The summed E-state index contributed by atoms with van der Waals surface area (Å²) in [4.78, 5) is 20.8. The SMILES string of the molecule is Cc1cccc(-c2nc[nH]c2-c2ccc3c(c2)n(C)c(=O)n3-c2ccc(Cl)cc2)c1. The summed E-state index contributed by atoms with van der Waals surface area (Å²) in [6.45, 7) is 2.07. The minimum atomic E-state index is -0.104. The van der Waals surface area contributed by atoms with Gasteiger partial charge in [0, 0.05) is 23.2 Å². The highest BCUT2D eigenvalue weighted by Gasteiger charge is 2.16. The maximum Gasteiger partial charge on any atom is 0.333 e. The molecule has 5 rings (SSSR count). The van der Waals surface area contributed by atoms with Crippen molar-refractivity contribution in [1.29, 1.82) is 0 Å². The van der Waals surface area contributed by atoms with Gasteiger partial charge in [-0.15, -0.1) is 0 Å². The number of aromatic nitrogens is 4. The average molecular weight is 415 g/mol. The van der Waals surface area contributed by atoms with Gasteiger partial charge in [0.05, 0.1) is 34.4 Å². The van der Waals surface area contributed by atoms with Crippen molar-refractivity contribution in [2.45, 2.75) is 6.92 Å². The number of fused-ring (bicyclic) bond motifs is 1. The lowest BCUT2D eigenvalue weighted by atomic mass is 10.0. The fourth-order valence-electron chi connectivity index (χ4n) is 3.86. The van der Waals surface area contributed by atoms with E-state index in [4.69, 9.17) is 11.6 Å². The molecule has 0 aliphatic rings. The van der Waals surface area contributed by atoms with Gasteiger partial charge in [0.15, 0.2) is 0 Å². The zero-order valence-electron chi connectivity index (χ0n) is 16.6. The minimum absolute atomic E-state index is 0.104. The van der Waals surface area contributed by atoms with Gasteiger partial charge >= 0.3 is 5.69 Å². The number of hydrogen-bond acceptors (Lipinski definition) is 2. The summed E-state index contributed by atoms with van der Waals surface area (Å²) in [5, 5.41) is 0.636. The number of aromatic amines is 1. The summed E-state index contributed by atoms with van der Waals surface area (Å²) in [7, 11) is 1.79. The van der Waals surface area contributed by atoms with E-state index in [9.17, 15) is 4.79 Å². The van der Waals surface area contributed by atoms with E-state index in [1.54, 1.807) is 34.6 Å². The molecule has 148 valence electrons. The zero-order chi connectivity index (χ0) is 20.8. The van der Waals surface area contributed by atoms with E-state index in [0.29, 0.717) is 5.02 Å². The minimum Gasteiger partial charge on any atom is -0.344 e. The molecule has 1 N–H and O–H groups in total. The standard InChI is InChI=1S/C24H19ClN4O/c1-15-4-3-5-16(12-15)22-23(27-14-26-22)17-6-11-20-21(13-17)28(2)24(30)29(20)19-9-7-18(25)8-10-19/h3-14H,1-2H3,(H,26,27). The number of nitrogens with zero attached hydrogens (tertiary/aromatic N) is 3. The van der Waals surface area contributed by atoms with E-state index in [1.165, 1.54) is 5.56 Å². The maximum atomic E-state index is 13.0. The number of rotatable bonds is 3. The molecule has 30 heavy (non-hydrogen) atoms. The molecule has 5 nitrogen and oxygen atoms in total. The van der Waals surface area contributed by atoms with Crippen molar-refractivity contribution < 1.29 is 0 Å². The molecule has 0 atom stereocenters. The number of hydrogen-bond donors (Lipinski definition) is 1. The fraction of sp³-hybridized carbons (Fsp3) is 0.0833. The van der Waals surface area contributed by atoms with Crippen LogP contribution in [-0.4, -0.2) is 19.1 Å². The van der Waals surface area contributed by atoms with Crippen molar-refractivity contribution in [3.05, 3.63) is 94.1 Å². The first kappa shape index (κ1) is 18.5. The van der Waals surface area contributed by atoms with E-state index < -0.39 is 0 Å². The molecule has 0 spiro atoms. The Balaban J connectivity index is 1.68. The van der Waals surface area contributed by atoms with Gasteiger partial charge in [-0.25, -0.2) is 9.78 Å². The molecule has 0 aliphatic heterocycles. The lowest BCUT2D eigenvalue weighted by Crippen LogP contribution is -2.20. The number of halogens is 1. The van der Waals surface area contributed by atoms with Crippen LogP contribution in [0.25, 0.3) is 39.2 Å². The highest BCUT2D eigenvalue weighted by atomic mass is 35.5. The Morgan fingerprint density at radius 3 is 2.50 bits per heavy atom. The van der Waals surface area contributed by atoms with E-state index in [1.807, 2.05) is 36.4 Å². The number of imidazole rings is 2. The first-order chi connectivity index (χ1) is 14.5. The number of H-pyrrole nitrogens is 1. The molecule has 2 heterocycles. The van der Waals surface area contributed by atoms with Crippen molar-refractivity contribution in [1.82, 2.24) is 19.1 Å². The predicted octanol–water partition coefficient (Wildman–Crippen LogP) is 5.35. The largest absolute Gasteiger partial charge is 0.344 e. The molecule has 6 heteroatoms. The highest BCUT2D eigenvalue weighted by Crippen LogP contribution is 2.31. The lowest BCUT2D eigenvalue weighted by molar-refractivity contribution is 0.846. The topological polar surface area (TPSA) is 55.6 Å². The molecular formula is C24H19ClN4O. The smallest absolute Gasteiger partial charge is 0.333 e. The fourth-order valence-corrected chi connectivity index (χ4v) is 3.98. The summed E-state index contributed by atoms with van der Waals surface area (Å²) in [5.41, 5.74) is 7.38. The molecule has 0 bridgehead atoms. The highest BCUT2D eigenvalue weighted by molar-refractivity contribution is 6.30. The molecule has 3 aromatic carbocycles.